The lowest BCUT2D eigenvalue weighted by molar-refractivity contribution is 0.415. The van der Waals surface area contributed by atoms with Gasteiger partial charge in [0.05, 0.1) is 25.0 Å². The predicted octanol–water partition coefficient (Wildman–Crippen LogP) is 1.49. The molecule has 0 aliphatic carbocycles. The second-order valence-electron chi connectivity index (χ2n) is 4.44. The first-order valence-corrected chi connectivity index (χ1v) is 6.14. The summed E-state index contributed by atoms with van der Waals surface area (Å²) < 4.78 is 7.18. The summed E-state index contributed by atoms with van der Waals surface area (Å²) in [6, 6.07) is 8.40. The Kier molecular flexibility index (Phi) is 2.98. The Bertz CT molecular complexity index is 514. The molecule has 94 valence electrons. The summed E-state index contributed by atoms with van der Waals surface area (Å²) in [6.07, 6.45) is 2.92. The summed E-state index contributed by atoms with van der Waals surface area (Å²) >= 11 is 0. The minimum atomic E-state index is 0.407. The molecule has 1 fully saturated rings. The van der Waals surface area contributed by atoms with E-state index in [1.54, 1.807) is 7.11 Å². The summed E-state index contributed by atoms with van der Waals surface area (Å²) in [7, 11) is 1.67. The highest BCUT2D eigenvalue weighted by Gasteiger charge is 2.20. The molecule has 0 bridgehead atoms. The Balaban J connectivity index is 1.93. The second-order valence-corrected chi connectivity index (χ2v) is 4.44. The normalized spacial score (nSPS) is 19.1. The molecule has 2 heterocycles. The van der Waals surface area contributed by atoms with Gasteiger partial charge in [0.25, 0.3) is 0 Å². The largest absolute Gasteiger partial charge is 0.497 e. The van der Waals surface area contributed by atoms with Crippen molar-refractivity contribution >= 4 is 0 Å². The number of aromatic nitrogens is 3. The maximum atomic E-state index is 5.17. The third kappa shape index (κ3) is 1.97. The van der Waals surface area contributed by atoms with Crippen molar-refractivity contribution in [2.75, 3.05) is 20.2 Å². The van der Waals surface area contributed by atoms with Crippen LogP contribution in [0.2, 0.25) is 0 Å². The van der Waals surface area contributed by atoms with E-state index in [4.69, 9.17) is 4.74 Å². The lowest BCUT2D eigenvalue weighted by Crippen LogP contribution is -2.15. The van der Waals surface area contributed by atoms with Crippen molar-refractivity contribution in [2.45, 2.75) is 12.5 Å². The van der Waals surface area contributed by atoms with E-state index in [1.807, 2.05) is 35.1 Å². The minimum Gasteiger partial charge on any atom is -0.497 e. The van der Waals surface area contributed by atoms with Crippen LogP contribution in [-0.4, -0.2) is 35.2 Å². The number of ether oxygens (including phenoxy) is 1. The quantitative estimate of drug-likeness (QED) is 0.888. The standard InChI is InChI=1S/C13H16N4O/c1-18-12-4-2-10(3-5-12)13-9-15-16-17(13)11-6-7-14-8-11/h2-5,9,11,14H,6-8H2,1H3. The van der Waals surface area contributed by atoms with Crippen LogP contribution in [0.25, 0.3) is 11.3 Å². The molecule has 1 aromatic carbocycles. The van der Waals surface area contributed by atoms with Gasteiger partial charge in [-0.2, -0.15) is 0 Å². The van der Waals surface area contributed by atoms with E-state index in [-0.39, 0.29) is 0 Å². The van der Waals surface area contributed by atoms with Gasteiger partial charge in [-0.05, 0) is 37.2 Å². The van der Waals surface area contributed by atoms with Crippen LogP contribution in [0, 0.1) is 0 Å². The first kappa shape index (κ1) is 11.2. The molecule has 1 atom stereocenters. The fourth-order valence-electron chi connectivity index (χ4n) is 2.33. The number of nitrogens with one attached hydrogen (secondary N) is 1. The minimum absolute atomic E-state index is 0.407. The second kappa shape index (κ2) is 4.78. The van der Waals surface area contributed by atoms with E-state index in [1.165, 1.54) is 0 Å². The van der Waals surface area contributed by atoms with Gasteiger partial charge in [-0.15, -0.1) is 5.10 Å². The van der Waals surface area contributed by atoms with Gasteiger partial charge in [-0.3, -0.25) is 0 Å². The lowest BCUT2D eigenvalue weighted by Gasteiger charge is -2.12. The van der Waals surface area contributed by atoms with E-state index in [9.17, 15) is 0 Å². The summed E-state index contributed by atoms with van der Waals surface area (Å²) in [5.74, 6) is 0.861. The van der Waals surface area contributed by atoms with Crippen molar-refractivity contribution in [3.05, 3.63) is 30.5 Å². The van der Waals surface area contributed by atoms with E-state index in [2.05, 4.69) is 15.6 Å². The van der Waals surface area contributed by atoms with E-state index < -0.39 is 0 Å². The van der Waals surface area contributed by atoms with Gasteiger partial charge in [0.15, 0.2) is 0 Å². The van der Waals surface area contributed by atoms with Crippen LogP contribution in [0.3, 0.4) is 0 Å². The fraction of sp³-hybridized carbons (Fsp3) is 0.385. The Hall–Kier alpha value is -1.88. The third-order valence-corrected chi connectivity index (χ3v) is 3.34. The molecule has 5 nitrogen and oxygen atoms in total. The van der Waals surface area contributed by atoms with E-state index >= 15 is 0 Å². The monoisotopic (exact) mass is 244 g/mol. The van der Waals surface area contributed by atoms with Crippen molar-refractivity contribution in [3.63, 3.8) is 0 Å². The zero-order chi connectivity index (χ0) is 12.4. The first-order chi connectivity index (χ1) is 8.88. The van der Waals surface area contributed by atoms with Crippen molar-refractivity contribution in [3.8, 4) is 17.0 Å². The van der Waals surface area contributed by atoms with Crippen molar-refractivity contribution in [1.82, 2.24) is 20.3 Å². The van der Waals surface area contributed by atoms with E-state index in [0.717, 1.165) is 36.5 Å². The zero-order valence-electron chi connectivity index (χ0n) is 10.3. The van der Waals surface area contributed by atoms with Crippen molar-refractivity contribution in [2.24, 2.45) is 0 Å². The Morgan fingerprint density at radius 3 is 2.83 bits per heavy atom. The maximum absolute atomic E-state index is 5.17. The number of benzene rings is 1. The van der Waals surface area contributed by atoms with Crippen LogP contribution in [0.5, 0.6) is 5.75 Å². The van der Waals surface area contributed by atoms with Crippen LogP contribution in [0.15, 0.2) is 30.5 Å². The highest BCUT2D eigenvalue weighted by Crippen LogP contribution is 2.25. The van der Waals surface area contributed by atoms with Gasteiger partial charge in [0.1, 0.15) is 5.75 Å². The van der Waals surface area contributed by atoms with Crippen LogP contribution < -0.4 is 10.1 Å². The molecule has 1 aliphatic rings. The molecule has 18 heavy (non-hydrogen) atoms. The smallest absolute Gasteiger partial charge is 0.118 e. The van der Waals surface area contributed by atoms with Gasteiger partial charge in [-0.1, -0.05) is 5.21 Å². The van der Waals surface area contributed by atoms with Crippen LogP contribution in [-0.2, 0) is 0 Å². The summed E-state index contributed by atoms with van der Waals surface area (Å²) in [5, 5.41) is 11.6. The Morgan fingerprint density at radius 1 is 1.33 bits per heavy atom. The van der Waals surface area contributed by atoms with Gasteiger partial charge in [0.2, 0.25) is 0 Å². The molecule has 3 rings (SSSR count). The molecule has 1 aliphatic heterocycles. The van der Waals surface area contributed by atoms with Crippen LogP contribution in [0.1, 0.15) is 12.5 Å². The van der Waals surface area contributed by atoms with Gasteiger partial charge < -0.3 is 10.1 Å². The molecule has 0 radical (unpaired) electrons. The number of hydrogen-bond acceptors (Lipinski definition) is 4. The van der Waals surface area contributed by atoms with E-state index in [0.29, 0.717) is 6.04 Å². The molecule has 2 aromatic rings. The average Bonchev–Trinajstić information content (AvgIpc) is 3.09. The highest BCUT2D eigenvalue weighted by molar-refractivity contribution is 5.59. The topological polar surface area (TPSA) is 52.0 Å². The Morgan fingerprint density at radius 2 is 2.17 bits per heavy atom. The zero-order valence-corrected chi connectivity index (χ0v) is 10.3. The lowest BCUT2D eigenvalue weighted by atomic mass is 10.1. The average molecular weight is 244 g/mol. The summed E-state index contributed by atoms with van der Waals surface area (Å²) in [6.45, 7) is 2.01. The van der Waals surface area contributed by atoms with Gasteiger partial charge in [-0.25, -0.2) is 4.68 Å². The number of rotatable bonds is 3. The summed E-state index contributed by atoms with van der Waals surface area (Å²) in [5.41, 5.74) is 2.18. The fourth-order valence-corrected chi connectivity index (χ4v) is 2.33. The highest BCUT2D eigenvalue weighted by atomic mass is 16.5. The van der Waals surface area contributed by atoms with Crippen LogP contribution >= 0.6 is 0 Å². The maximum Gasteiger partial charge on any atom is 0.118 e. The molecule has 5 heteroatoms. The predicted molar refractivity (Wildman–Crippen MR) is 68.5 cm³/mol. The van der Waals surface area contributed by atoms with Crippen molar-refractivity contribution in [1.29, 1.82) is 0 Å². The van der Waals surface area contributed by atoms with Crippen LogP contribution in [0.4, 0.5) is 0 Å². The first-order valence-electron chi connectivity index (χ1n) is 6.14. The number of nitrogens with zero attached hydrogens (tertiary/aromatic N) is 3. The molecule has 0 amide bonds. The molecular formula is C13H16N4O. The number of methoxy groups -OCH3 is 1. The molecule has 1 aromatic heterocycles. The van der Waals surface area contributed by atoms with Crippen molar-refractivity contribution < 1.29 is 4.74 Å². The summed E-state index contributed by atoms with van der Waals surface area (Å²) in [4.78, 5) is 0. The molecule has 1 saturated heterocycles. The third-order valence-electron chi connectivity index (χ3n) is 3.34. The molecule has 1 unspecified atom stereocenters. The molecule has 0 spiro atoms. The molecule has 0 saturated carbocycles. The number of hydrogen-bond donors (Lipinski definition) is 1. The SMILES string of the molecule is COc1ccc(-c2cnnn2C2CCNC2)cc1. The van der Waals surface area contributed by atoms with Gasteiger partial charge >= 0.3 is 0 Å². The molecule has 1 N–H and O–H groups in total. The van der Waals surface area contributed by atoms with Gasteiger partial charge in [0, 0.05) is 12.1 Å². The Labute approximate surface area is 106 Å². The molecular weight excluding hydrogens is 228 g/mol.